The van der Waals surface area contributed by atoms with E-state index in [1.165, 1.54) is 0 Å². The highest BCUT2D eigenvalue weighted by Gasteiger charge is 2.75. The second-order valence-corrected chi connectivity index (χ2v) is 4.74. The van der Waals surface area contributed by atoms with E-state index in [2.05, 4.69) is 5.32 Å². The number of carbonyl (C=O) groups is 3. The molecule has 6 nitrogen and oxygen atoms in total. The number of amides is 1. The summed E-state index contributed by atoms with van der Waals surface area (Å²) in [5.74, 6) is -1.84. The first-order valence-electron chi connectivity index (χ1n) is 6.57. The van der Waals surface area contributed by atoms with Gasteiger partial charge in [-0.05, 0) is 18.6 Å². The summed E-state index contributed by atoms with van der Waals surface area (Å²) in [6.45, 7) is 1.81. The third-order valence-electron chi connectivity index (χ3n) is 3.39. The first-order valence-corrected chi connectivity index (χ1v) is 6.57. The quantitative estimate of drug-likeness (QED) is 0.377. The largest absolute Gasteiger partial charge is 0.464 e. The molecular formula is C15H13NO5. The zero-order chi connectivity index (χ0) is 15.0. The summed E-state index contributed by atoms with van der Waals surface area (Å²) in [4.78, 5) is 35.9. The second-order valence-electron chi connectivity index (χ2n) is 4.74. The van der Waals surface area contributed by atoms with Gasteiger partial charge in [0.2, 0.25) is 17.5 Å². The van der Waals surface area contributed by atoms with Crippen LogP contribution in [0.25, 0.3) is 6.08 Å². The fourth-order valence-electron chi connectivity index (χ4n) is 2.32. The van der Waals surface area contributed by atoms with Crippen LogP contribution >= 0.6 is 0 Å². The zero-order valence-corrected chi connectivity index (χ0v) is 11.3. The summed E-state index contributed by atoms with van der Waals surface area (Å²) >= 11 is 0. The van der Waals surface area contributed by atoms with Gasteiger partial charge in [-0.1, -0.05) is 30.3 Å². The molecule has 0 radical (unpaired) electrons. The van der Waals surface area contributed by atoms with Crippen molar-refractivity contribution in [3.8, 4) is 0 Å². The number of epoxide rings is 1. The van der Waals surface area contributed by atoms with Crippen molar-refractivity contribution in [3.05, 3.63) is 41.6 Å². The number of nitrogens with one attached hydrogen (secondary N) is 1. The fourth-order valence-corrected chi connectivity index (χ4v) is 2.32. The maximum absolute atomic E-state index is 12.3. The predicted octanol–water partition coefficient (Wildman–Crippen LogP) is 0.427. The van der Waals surface area contributed by atoms with E-state index in [-0.39, 0.29) is 12.3 Å². The number of carbonyl (C=O) groups excluding carboxylic acids is 3. The maximum atomic E-state index is 12.3. The summed E-state index contributed by atoms with van der Waals surface area (Å²) in [6, 6.07) is 9.08. The lowest BCUT2D eigenvalue weighted by atomic mass is 10.0. The molecule has 0 bridgehead atoms. The molecule has 2 heterocycles. The summed E-state index contributed by atoms with van der Waals surface area (Å²) in [5.41, 5.74) is -0.836. The Hall–Kier alpha value is -2.47. The number of ether oxygens (including phenoxy) is 2. The van der Waals surface area contributed by atoms with Gasteiger partial charge in [0.15, 0.2) is 0 Å². The molecule has 2 saturated heterocycles. The van der Waals surface area contributed by atoms with Crippen molar-refractivity contribution in [2.45, 2.75) is 18.6 Å². The topological polar surface area (TPSA) is 85.0 Å². The molecule has 1 amide bonds. The third-order valence-corrected chi connectivity index (χ3v) is 3.39. The van der Waals surface area contributed by atoms with Gasteiger partial charge in [0.25, 0.3) is 5.91 Å². The monoisotopic (exact) mass is 287 g/mol. The highest BCUT2D eigenvalue weighted by molar-refractivity contribution is 6.30. The number of rotatable bonds is 3. The van der Waals surface area contributed by atoms with Crippen molar-refractivity contribution >= 4 is 23.7 Å². The fraction of sp³-hybridized carbons (Fsp3) is 0.267. The highest BCUT2D eigenvalue weighted by atomic mass is 16.7. The Labute approximate surface area is 120 Å². The van der Waals surface area contributed by atoms with Gasteiger partial charge in [-0.3, -0.25) is 9.59 Å². The summed E-state index contributed by atoms with van der Waals surface area (Å²) < 4.78 is 9.88. The molecule has 6 heteroatoms. The molecule has 2 aliphatic heterocycles. The molecule has 3 rings (SSSR count). The van der Waals surface area contributed by atoms with Crippen molar-refractivity contribution in [2.75, 3.05) is 6.61 Å². The molecule has 2 unspecified atom stereocenters. The minimum Gasteiger partial charge on any atom is -0.464 e. The highest BCUT2D eigenvalue weighted by Crippen LogP contribution is 2.44. The van der Waals surface area contributed by atoms with E-state index in [1.54, 1.807) is 25.1 Å². The molecule has 1 aromatic carbocycles. The zero-order valence-electron chi connectivity index (χ0n) is 11.3. The molecule has 2 aliphatic rings. The number of Topliss-reactive ketones (excluding diaryl/α,β-unsaturated/α-hetero) is 1. The van der Waals surface area contributed by atoms with Gasteiger partial charge < -0.3 is 14.8 Å². The predicted molar refractivity (Wildman–Crippen MR) is 71.8 cm³/mol. The molecule has 1 spiro atoms. The van der Waals surface area contributed by atoms with E-state index in [0.29, 0.717) is 0 Å². The lowest BCUT2D eigenvalue weighted by molar-refractivity contribution is -0.145. The Kier molecular flexibility index (Phi) is 3.10. The SMILES string of the molecule is CCOC(=O)C1OC12C(=O)N/C(=C\c1ccccc1)C2=O. The minimum absolute atomic E-state index is 0.123. The number of benzene rings is 1. The van der Waals surface area contributed by atoms with Gasteiger partial charge in [-0.2, -0.15) is 0 Å². The lowest BCUT2D eigenvalue weighted by Gasteiger charge is -1.98. The molecular weight excluding hydrogens is 274 g/mol. The van der Waals surface area contributed by atoms with Gasteiger partial charge in [-0.15, -0.1) is 0 Å². The first-order chi connectivity index (χ1) is 10.1. The van der Waals surface area contributed by atoms with E-state index >= 15 is 0 Å². The summed E-state index contributed by atoms with van der Waals surface area (Å²) in [6.07, 6.45) is 0.408. The average molecular weight is 287 g/mol. The second kappa shape index (κ2) is 4.82. The summed E-state index contributed by atoms with van der Waals surface area (Å²) in [7, 11) is 0. The molecule has 0 aliphatic carbocycles. The first kappa shape index (κ1) is 13.5. The van der Waals surface area contributed by atoms with Gasteiger partial charge in [0.05, 0.1) is 12.3 Å². The van der Waals surface area contributed by atoms with E-state index in [1.807, 2.05) is 18.2 Å². The normalized spacial score (nSPS) is 28.8. The van der Waals surface area contributed by atoms with Crippen LogP contribution in [0.5, 0.6) is 0 Å². The molecule has 2 atom stereocenters. The molecule has 21 heavy (non-hydrogen) atoms. The average Bonchev–Trinajstić information content (AvgIpc) is 3.19. The molecule has 0 aromatic heterocycles. The maximum Gasteiger partial charge on any atom is 0.339 e. The van der Waals surface area contributed by atoms with Crippen LogP contribution in [-0.4, -0.2) is 36.0 Å². The Balaban J connectivity index is 1.85. The standard InChI is InChI=1S/C15H13NO5/c1-2-20-13(18)12-15(21-12)11(17)10(16-14(15)19)8-9-6-4-3-5-7-9/h3-8,12H,2H2,1H3,(H,16,19)/b10-8-. The molecule has 0 saturated carbocycles. The van der Waals surface area contributed by atoms with Crippen molar-refractivity contribution in [1.29, 1.82) is 0 Å². The smallest absolute Gasteiger partial charge is 0.339 e. The summed E-state index contributed by atoms with van der Waals surface area (Å²) in [5, 5.41) is 2.47. The molecule has 108 valence electrons. The number of ketones is 1. The van der Waals surface area contributed by atoms with Crippen LogP contribution in [0.15, 0.2) is 36.0 Å². The van der Waals surface area contributed by atoms with Gasteiger partial charge in [0, 0.05) is 0 Å². The molecule has 1 aromatic rings. The Bertz CT molecular complexity index is 651. The third kappa shape index (κ3) is 2.04. The Morgan fingerprint density at radius 2 is 2.10 bits per heavy atom. The Morgan fingerprint density at radius 3 is 2.76 bits per heavy atom. The van der Waals surface area contributed by atoms with Crippen LogP contribution < -0.4 is 5.32 Å². The molecule has 1 N–H and O–H groups in total. The Morgan fingerprint density at radius 1 is 1.38 bits per heavy atom. The lowest BCUT2D eigenvalue weighted by Crippen LogP contribution is -2.35. The van der Waals surface area contributed by atoms with Crippen LogP contribution in [0.3, 0.4) is 0 Å². The van der Waals surface area contributed by atoms with Gasteiger partial charge in [-0.25, -0.2) is 4.79 Å². The van der Waals surface area contributed by atoms with E-state index in [0.717, 1.165) is 5.56 Å². The number of esters is 1. The van der Waals surface area contributed by atoms with Crippen molar-refractivity contribution < 1.29 is 23.9 Å². The minimum atomic E-state index is -1.73. The van der Waals surface area contributed by atoms with Crippen molar-refractivity contribution in [2.24, 2.45) is 0 Å². The number of hydrogen-bond acceptors (Lipinski definition) is 5. The van der Waals surface area contributed by atoms with E-state index in [4.69, 9.17) is 9.47 Å². The van der Waals surface area contributed by atoms with E-state index < -0.39 is 29.4 Å². The van der Waals surface area contributed by atoms with Crippen molar-refractivity contribution in [1.82, 2.24) is 5.32 Å². The molecule has 2 fully saturated rings. The van der Waals surface area contributed by atoms with E-state index in [9.17, 15) is 14.4 Å². The van der Waals surface area contributed by atoms with Crippen molar-refractivity contribution in [3.63, 3.8) is 0 Å². The number of hydrogen-bond donors (Lipinski definition) is 1. The van der Waals surface area contributed by atoms with Crippen LogP contribution in [-0.2, 0) is 23.9 Å². The van der Waals surface area contributed by atoms with Crippen LogP contribution in [0, 0.1) is 0 Å². The van der Waals surface area contributed by atoms with Crippen LogP contribution in [0.1, 0.15) is 12.5 Å². The van der Waals surface area contributed by atoms with Gasteiger partial charge in [0.1, 0.15) is 0 Å². The van der Waals surface area contributed by atoms with Crippen LogP contribution in [0.4, 0.5) is 0 Å². The van der Waals surface area contributed by atoms with Gasteiger partial charge >= 0.3 is 5.97 Å². The van der Waals surface area contributed by atoms with Crippen LogP contribution in [0.2, 0.25) is 0 Å².